The number of pyridine rings is 1. The smallest absolute Gasteiger partial charge is 0.306 e. The van der Waals surface area contributed by atoms with E-state index in [0.29, 0.717) is 12.1 Å². The molecule has 106 valence electrons. The van der Waals surface area contributed by atoms with Crippen LogP contribution in [0.3, 0.4) is 0 Å². The number of rotatable bonds is 4. The van der Waals surface area contributed by atoms with Crippen molar-refractivity contribution in [3.8, 4) is 0 Å². The molecule has 0 aliphatic heterocycles. The fourth-order valence-corrected chi connectivity index (χ4v) is 2.02. The predicted octanol–water partition coefficient (Wildman–Crippen LogP) is 0.330. The molecule has 0 saturated heterocycles. The van der Waals surface area contributed by atoms with E-state index in [1.807, 2.05) is 19.1 Å². The van der Waals surface area contributed by atoms with Gasteiger partial charge in [-0.25, -0.2) is 4.79 Å². The second-order valence-corrected chi connectivity index (χ2v) is 4.80. The van der Waals surface area contributed by atoms with Gasteiger partial charge in [0.05, 0.1) is 0 Å². The van der Waals surface area contributed by atoms with Crippen molar-refractivity contribution >= 4 is 0 Å². The molecule has 0 fully saturated rings. The molecule has 0 aromatic carbocycles. The van der Waals surface area contributed by atoms with Crippen molar-refractivity contribution in [3.63, 3.8) is 0 Å². The molecule has 2 heterocycles. The average molecular weight is 274 g/mol. The Morgan fingerprint density at radius 3 is 2.75 bits per heavy atom. The third kappa shape index (κ3) is 2.85. The van der Waals surface area contributed by atoms with Crippen LogP contribution in [0.5, 0.6) is 0 Å². The molecular formula is C14H18N4O2. The van der Waals surface area contributed by atoms with Crippen molar-refractivity contribution in [3.05, 3.63) is 62.7 Å². The third-order valence-electron chi connectivity index (χ3n) is 3.30. The van der Waals surface area contributed by atoms with Crippen LogP contribution in [0.15, 0.2) is 40.3 Å². The summed E-state index contributed by atoms with van der Waals surface area (Å²) in [6.45, 7) is 2.40. The summed E-state index contributed by atoms with van der Waals surface area (Å²) in [5.41, 5.74) is 1.03. The van der Waals surface area contributed by atoms with Gasteiger partial charge in [0.2, 0.25) is 0 Å². The normalized spacial score (nSPS) is 12.3. The Morgan fingerprint density at radius 1 is 1.35 bits per heavy atom. The summed E-state index contributed by atoms with van der Waals surface area (Å²) in [4.78, 5) is 27.7. The van der Waals surface area contributed by atoms with Crippen LogP contribution in [0.25, 0.3) is 0 Å². The first-order chi connectivity index (χ1) is 9.50. The number of hydrogen-bond acceptors (Lipinski definition) is 4. The van der Waals surface area contributed by atoms with Gasteiger partial charge in [0.15, 0.2) is 0 Å². The molecule has 0 bridgehead atoms. The van der Waals surface area contributed by atoms with Crippen LogP contribution < -0.4 is 16.6 Å². The fraction of sp³-hybridized carbons (Fsp3) is 0.357. The Morgan fingerprint density at radius 2 is 2.10 bits per heavy atom. The summed E-state index contributed by atoms with van der Waals surface area (Å²) < 4.78 is 2.53. The van der Waals surface area contributed by atoms with E-state index in [9.17, 15) is 9.59 Å². The summed E-state index contributed by atoms with van der Waals surface area (Å²) in [6, 6.07) is 3.92. The lowest BCUT2D eigenvalue weighted by molar-refractivity contribution is 0.557. The van der Waals surface area contributed by atoms with E-state index in [0.717, 1.165) is 10.1 Å². The van der Waals surface area contributed by atoms with Gasteiger partial charge < -0.3 is 9.88 Å². The Balaban J connectivity index is 2.16. The highest BCUT2D eigenvalue weighted by atomic mass is 16.2. The number of aromatic nitrogens is 3. The summed E-state index contributed by atoms with van der Waals surface area (Å²) in [6.07, 6.45) is 5.09. The van der Waals surface area contributed by atoms with Gasteiger partial charge in [-0.3, -0.25) is 14.3 Å². The summed E-state index contributed by atoms with van der Waals surface area (Å²) in [5.74, 6) is 0. The highest BCUT2D eigenvalue weighted by molar-refractivity contribution is 5.13. The molecule has 0 aliphatic carbocycles. The highest BCUT2D eigenvalue weighted by Crippen LogP contribution is 2.09. The van der Waals surface area contributed by atoms with Gasteiger partial charge in [-0.1, -0.05) is 6.07 Å². The van der Waals surface area contributed by atoms with E-state index in [1.54, 1.807) is 25.6 Å². The van der Waals surface area contributed by atoms with E-state index < -0.39 is 0 Å². The van der Waals surface area contributed by atoms with Gasteiger partial charge >= 0.3 is 5.69 Å². The van der Waals surface area contributed by atoms with E-state index in [2.05, 4.69) is 10.3 Å². The van der Waals surface area contributed by atoms with Gasteiger partial charge in [0.25, 0.3) is 5.56 Å². The number of nitrogens with zero attached hydrogens (tertiary/aromatic N) is 3. The average Bonchev–Trinajstić information content (AvgIpc) is 2.48. The molecule has 0 saturated carbocycles. The lowest BCUT2D eigenvalue weighted by atomic mass is 10.1. The maximum absolute atomic E-state index is 12.0. The minimum atomic E-state index is -0.320. The minimum Gasteiger partial charge on any atom is -0.306 e. The van der Waals surface area contributed by atoms with Gasteiger partial charge in [0.1, 0.15) is 0 Å². The van der Waals surface area contributed by atoms with E-state index in [1.165, 1.54) is 11.6 Å². The SMILES string of the molecule is CC(NCc1cn(C)c(=O)n(C)c1=O)c1cccnc1. The van der Waals surface area contributed by atoms with Crippen LogP contribution in [-0.4, -0.2) is 14.1 Å². The zero-order valence-corrected chi connectivity index (χ0v) is 11.8. The van der Waals surface area contributed by atoms with E-state index in [4.69, 9.17) is 0 Å². The maximum atomic E-state index is 12.0. The molecule has 1 N–H and O–H groups in total. The van der Waals surface area contributed by atoms with Crippen LogP contribution in [0, 0.1) is 0 Å². The van der Waals surface area contributed by atoms with Crippen molar-refractivity contribution in [2.24, 2.45) is 14.1 Å². The van der Waals surface area contributed by atoms with E-state index >= 15 is 0 Å². The van der Waals surface area contributed by atoms with Gasteiger partial charge in [0, 0.05) is 50.8 Å². The number of nitrogens with one attached hydrogen (secondary N) is 1. The lowest BCUT2D eigenvalue weighted by Crippen LogP contribution is -2.39. The molecule has 20 heavy (non-hydrogen) atoms. The zero-order chi connectivity index (χ0) is 14.7. The van der Waals surface area contributed by atoms with Crippen LogP contribution in [0.4, 0.5) is 0 Å². The van der Waals surface area contributed by atoms with Crippen molar-refractivity contribution < 1.29 is 0 Å². The first-order valence-corrected chi connectivity index (χ1v) is 6.39. The van der Waals surface area contributed by atoms with Crippen LogP contribution in [0.1, 0.15) is 24.1 Å². The molecule has 2 aromatic heterocycles. The molecule has 6 heteroatoms. The molecule has 0 spiro atoms. The molecule has 6 nitrogen and oxygen atoms in total. The van der Waals surface area contributed by atoms with Crippen molar-refractivity contribution in [2.75, 3.05) is 0 Å². The zero-order valence-electron chi connectivity index (χ0n) is 11.8. The Bertz CT molecular complexity index is 703. The third-order valence-corrected chi connectivity index (χ3v) is 3.30. The Hall–Kier alpha value is -2.21. The van der Waals surface area contributed by atoms with Crippen LogP contribution in [0.2, 0.25) is 0 Å². The van der Waals surface area contributed by atoms with Gasteiger partial charge in [-0.15, -0.1) is 0 Å². The summed E-state index contributed by atoms with van der Waals surface area (Å²) in [5, 5.41) is 3.26. The second kappa shape index (κ2) is 5.83. The number of aryl methyl sites for hydroxylation is 1. The quantitative estimate of drug-likeness (QED) is 0.872. The Labute approximate surface area is 116 Å². The fourth-order valence-electron chi connectivity index (χ4n) is 2.02. The topological polar surface area (TPSA) is 68.9 Å². The maximum Gasteiger partial charge on any atom is 0.330 e. The highest BCUT2D eigenvalue weighted by Gasteiger charge is 2.09. The minimum absolute atomic E-state index is 0.0747. The van der Waals surface area contributed by atoms with Crippen molar-refractivity contribution in [1.82, 2.24) is 19.4 Å². The van der Waals surface area contributed by atoms with Crippen LogP contribution in [-0.2, 0) is 20.6 Å². The molecule has 1 unspecified atom stereocenters. The Kier molecular flexibility index (Phi) is 4.14. The standard InChI is InChI=1S/C14H18N4O2/c1-10(11-5-4-6-15-7-11)16-8-12-9-17(2)14(20)18(3)13(12)19/h4-7,9-10,16H,8H2,1-3H3. The van der Waals surface area contributed by atoms with Crippen molar-refractivity contribution in [1.29, 1.82) is 0 Å². The van der Waals surface area contributed by atoms with E-state index in [-0.39, 0.29) is 17.3 Å². The first kappa shape index (κ1) is 14.2. The van der Waals surface area contributed by atoms with Gasteiger partial charge in [-0.05, 0) is 18.6 Å². The monoisotopic (exact) mass is 274 g/mol. The molecule has 2 rings (SSSR count). The molecule has 2 aromatic rings. The second-order valence-electron chi connectivity index (χ2n) is 4.80. The molecule has 0 radical (unpaired) electrons. The largest absolute Gasteiger partial charge is 0.330 e. The molecular weight excluding hydrogens is 256 g/mol. The van der Waals surface area contributed by atoms with Crippen molar-refractivity contribution in [2.45, 2.75) is 19.5 Å². The molecule has 0 amide bonds. The summed E-state index contributed by atoms with van der Waals surface area (Å²) in [7, 11) is 3.12. The predicted molar refractivity (Wildman–Crippen MR) is 76.4 cm³/mol. The van der Waals surface area contributed by atoms with Crippen LogP contribution >= 0.6 is 0 Å². The first-order valence-electron chi connectivity index (χ1n) is 6.39. The summed E-state index contributed by atoms with van der Waals surface area (Å²) >= 11 is 0. The lowest BCUT2D eigenvalue weighted by Gasteiger charge is -2.14. The number of hydrogen-bond donors (Lipinski definition) is 1. The molecule has 0 aliphatic rings. The van der Waals surface area contributed by atoms with Gasteiger partial charge in [-0.2, -0.15) is 0 Å². The molecule has 1 atom stereocenters.